The molecule has 0 saturated heterocycles. The van der Waals surface area contributed by atoms with Gasteiger partial charge in [-0.2, -0.15) is 0 Å². The summed E-state index contributed by atoms with van der Waals surface area (Å²) in [7, 11) is 0. The van der Waals surface area contributed by atoms with Crippen molar-refractivity contribution in [3.63, 3.8) is 0 Å². The predicted octanol–water partition coefficient (Wildman–Crippen LogP) is 8.81. The van der Waals surface area contributed by atoms with E-state index in [0.717, 1.165) is 18.3 Å². The first-order valence-electron chi connectivity index (χ1n) is 14.5. The third-order valence-corrected chi connectivity index (χ3v) is 14.0. The van der Waals surface area contributed by atoms with Crippen LogP contribution in [0.1, 0.15) is 127 Å². The molecule has 4 fully saturated rings. The van der Waals surface area contributed by atoms with Crippen LogP contribution in [0.5, 0.6) is 0 Å². The van der Waals surface area contributed by atoms with Crippen molar-refractivity contribution >= 4 is 0 Å². The van der Waals surface area contributed by atoms with Crippen molar-refractivity contribution in [3.8, 4) is 0 Å². The zero-order chi connectivity index (χ0) is 24.2. The maximum atomic E-state index is 11.2. The van der Waals surface area contributed by atoms with Gasteiger partial charge in [0.15, 0.2) is 0 Å². The molecule has 188 valence electrons. The molecule has 0 amide bonds. The van der Waals surface area contributed by atoms with Gasteiger partial charge in [-0.15, -0.1) is 0 Å². The van der Waals surface area contributed by atoms with Gasteiger partial charge in [-0.1, -0.05) is 74.0 Å². The molecule has 0 unspecified atom stereocenters. The molecule has 9 atom stereocenters. The Balaban J connectivity index is 1.57. The SMILES string of the molecule is CC(C)[C@@]1(C)[C@H](O)CC[C@@]2(C)[C@H]1CC[C@]1(C)[C@@H]2CC=C2[C@@H]3CC(C)(C)CC[C@]3(C)CC[C@]21C. The van der Waals surface area contributed by atoms with Gasteiger partial charge in [0.1, 0.15) is 0 Å². The number of aliphatic hydroxyl groups is 1. The van der Waals surface area contributed by atoms with E-state index in [1.165, 1.54) is 57.8 Å². The second kappa shape index (κ2) is 7.14. The van der Waals surface area contributed by atoms with Crippen LogP contribution in [0.25, 0.3) is 0 Å². The van der Waals surface area contributed by atoms with Gasteiger partial charge < -0.3 is 5.11 Å². The molecule has 5 rings (SSSR count). The fraction of sp³-hybridized carbons (Fsp3) is 0.938. The lowest BCUT2D eigenvalue weighted by atomic mass is 9.33. The summed E-state index contributed by atoms with van der Waals surface area (Å²) in [6, 6.07) is 0. The van der Waals surface area contributed by atoms with Gasteiger partial charge in [-0.3, -0.25) is 0 Å². The maximum Gasteiger partial charge on any atom is 0.0599 e. The summed E-state index contributed by atoms with van der Waals surface area (Å²) >= 11 is 0. The van der Waals surface area contributed by atoms with Gasteiger partial charge in [0, 0.05) is 0 Å². The summed E-state index contributed by atoms with van der Waals surface area (Å²) in [5.41, 5.74) is 4.05. The molecule has 0 aromatic carbocycles. The van der Waals surface area contributed by atoms with Crippen molar-refractivity contribution in [3.05, 3.63) is 11.6 Å². The zero-order valence-corrected chi connectivity index (χ0v) is 23.5. The molecule has 0 heterocycles. The molecular weight excluding hydrogens is 400 g/mol. The first kappa shape index (κ1) is 24.4. The highest BCUT2D eigenvalue weighted by Gasteiger charge is 2.68. The highest BCUT2D eigenvalue weighted by Crippen LogP contribution is 2.76. The lowest BCUT2D eigenvalue weighted by Gasteiger charge is -2.72. The second-order valence-corrected chi connectivity index (χ2v) is 15.9. The first-order chi connectivity index (χ1) is 15.1. The van der Waals surface area contributed by atoms with E-state index in [0.29, 0.717) is 38.9 Å². The second-order valence-electron chi connectivity index (χ2n) is 15.9. The molecule has 0 aliphatic heterocycles. The molecule has 1 N–H and O–H groups in total. The molecule has 5 aliphatic rings. The molecule has 1 nitrogen and oxygen atoms in total. The minimum atomic E-state index is -0.134. The lowest BCUT2D eigenvalue weighted by Crippen LogP contribution is -2.65. The number of allylic oxidation sites excluding steroid dienone is 2. The summed E-state index contributed by atoms with van der Waals surface area (Å²) in [4.78, 5) is 0. The van der Waals surface area contributed by atoms with Gasteiger partial charge in [0.2, 0.25) is 0 Å². The summed E-state index contributed by atoms with van der Waals surface area (Å²) in [5, 5.41) is 11.2. The van der Waals surface area contributed by atoms with Crippen LogP contribution in [-0.2, 0) is 0 Å². The smallest absolute Gasteiger partial charge is 0.0599 e. The Morgan fingerprint density at radius 1 is 0.818 bits per heavy atom. The van der Waals surface area contributed by atoms with E-state index in [9.17, 15) is 5.11 Å². The lowest BCUT2D eigenvalue weighted by molar-refractivity contribution is -0.217. The van der Waals surface area contributed by atoms with Gasteiger partial charge in [-0.05, 0) is 120 Å². The van der Waals surface area contributed by atoms with Gasteiger partial charge in [0.05, 0.1) is 6.10 Å². The fourth-order valence-corrected chi connectivity index (χ4v) is 11.0. The molecular formula is C32H54O. The van der Waals surface area contributed by atoms with Gasteiger partial charge >= 0.3 is 0 Å². The average Bonchev–Trinajstić information content (AvgIpc) is 2.72. The minimum Gasteiger partial charge on any atom is -0.393 e. The number of hydrogen-bond donors (Lipinski definition) is 1. The number of hydrogen-bond acceptors (Lipinski definition) is 1. The van der Waals surface area contributed by atoms with Crippen molar-refractivity contribution in [2.75, 3.05) is 0 Å². The van der Waals surface area contributed by atoms with E-state index < -0.39 is 0 Å². The Hall–Kier alpha value is -0.300. The van der Waals surface area contributed by atoms with Gasteiger partial charge in [-0.25, -0.2) is 0 Å². The summed E-state index contributed by atoms with van der Waals surface area (Å²) in [5.74, 6) is 2.72. The standard InChI is InChI=1S/C32H54O/c1-21(2)32(9)25-12-15-31(8)24(29(25,6)14-13-26(32)33)11-10-22-23-20-27(3,4)16-17-28(23,5)18-19-30(22,31)7/h10,21,23-26,33H,11-20H2,1-9H3/t23-,24+,25+,26+,28+,29+,30+,31+,32+/m0/s1. The van der Waals surface area contributed by atoms with Crippen molar-refractivity contribution in [1.29, 1.82) is 0 Å². The minimum absolute atomic E-state index is 0.0533. The van der Waals surface area contributed by atoms with Crippen LogP contribution < -0.4 is 0 Å². The maximum absolute atomic E-state index is 11.2. The molecule has 33 heavy (non-hydrogen) atoms. The summed E-state index contributed by atoms with van der Waals surface area (Å²) < 4.78 is 0. The van der Waals surface area contributed by atoms with Crippen LogP contribution >= 0.6 is 0 Å². The molecule has 0 radical (unpaired) electrons. The van der Waals surface area contributed by atoms with E-state index in [1.54, 1.807) is 0 Å². The normalized spacial score (nSPS) is 55.7. The van der Waals surface area contributed by atoms with E-state index >= 15 is 0 Å². The molecule has 0 aromatic heterocycles. The van der Waals surface area contributed by atoms with E-state index in [1.807, 2.05) is 5.57 Å². The van der Waals surface area contributed by atoms with Gasteiger partial charge in [0.25, 0.3) is 0 Å². The van der Waals surface area contributed by atoms with Crippen LogP contribution in [0.3, 0.4) is 0 Å². The number of aliphatic hydroxyl groups excluding tert-OH is 1. The predicted molar refractivity (Wildman–Crippen MR) is 140 cm³/mol. The fourth-order valence-electron chi connectivity index (χ4n) is 11.0. The topological polar surface area (TPSA) is 20.2 Å². The summed E-state index contributed by atoms with van der Waals surface area (Å²) in [6.07, 6.45) is 15.9. The molecule has 0 bridgehead atoms. The Bertz CT molecular complexity index is 837. The van der Waals surface area contributed by atoms with E-state index in [2.05, 4.69) is 68.4 Å². The number of rotatable bonds is 1. The van der Waals surface area contributed by atoms with Crippen LogP contribution in [0, 0.1) is 56.2 Å². The third kappa shape index (κ3) is 2.99. The zero-order valence-electron chi connectivity index (χ0n) is 23.5. The van der Waals surface area contributed by atoms with Crippen molar-refractivity contribution in [1.82, 2.24) is 0 Å². The van der Waals surface area contributed by atoms with Crippen molar-refractivity contribution in [2.45, 2.75) is 133 Å². The molecule has 0 spiro atoms. The van der Waals surface area contributed by atoms with Crippen molar-refractivity contribution in [2.24, 2.45) is 56.2 Å². The highest BCUT2D eigenvalue weighted by atomic mass is 16.3. The monoisotopic (exact) mass is 454 g/mol. The van der Waals surface area contributed by atoms with Crippen molar-refractivity contribution < 1.29 is 5.11 Å². The number of fused-ring (bicyclic) bond motifs is 7. The summed E-state index contributed by atoms with van der Waals surface area (Å²) in [6.45, 7) is 23.0. The van der Waals surface area contributed by atoms with E-state index in [4.69, 9.17) is 0 Å². The highest BCUT2D eigenvalue weighted by molar-refractivity contribution is 5.33. The molecule has 1 heteroatoms. The first-order valence-corrected chi connectivity index (χ1v) is 14.5. The Kier molecular flexibility index (Phi) is 5.28. The molecule has 4 saturated carbocycles. The average molecular weight is 455 g/mol. The van der Waals surface area contributed by atoms with Crippen LogP contribution in [0.4, 0.5) is 0 Å². The van der Waals surface area contributed by atoms with Crippen LogP contribution in [0.15, 0.2) is 11.6 Å². The Morgan fingerprint density at radius 3 is 2.15 bits per heavy atom. The largest absolute Gasteiger partial charge is 0.393 e. The quantitative estimate of drug-likeness (QED) is 0.392. The molecule has 0 aromatic rings. The Labute approximate surface area is 205 Å². The molecule has 5 aliphatic carbocycles. The van der Waals surface area contributed by atoms with E-state index in [-0.39, 0.29) is 11.5 Å². The van der Waals surface area contributed by atoms with Crippen LogP contribution in [0.2, 0.25) is 0 Å². The third-order valence-electron chi connectivity index (χ3n) is 14.0. The van der Waals surface area contributed by atoms with Crippen LogP contribution in [-0.4, -0.2) is 11.2 Å². The Morgan fingerprint density at radius 2 is 1.48 bits per heavy atom.